The third kappa shape index (κ3) is 3.67. The van der Waals surface area contributed by atoms with Crippen molar-refractivity contribution in [2.45, 2.75) is 19.0 Å². The van der Waals surface area contributed by atoms with E-state index >= 15 is 0 Å². The highest BCUT2D eigenvalue weighted by molar-refractivity contribution is 6.17. The molecule has 0 amide bonds. The topological polar surface area (TPSA) is 9.23 Å². The summed E-state index contributed by atoms with van der Waals surface area (Å²) >= 11 is 5.51. The number of alkyl halides is 4. The van der Waals surface area contributed by atoms with Crippen LogP contribution in [0.2, 0.25) is 0 Å². The van der Waals surface area contributed by atoms with Crippen molar-refractivity contribution < 1.29 is 22.3 Å². The highest BCUT2D eigenvalue weighted by atomic mass is 35.5. The van der Waals surface area contributed by atoms with E-state index in [2.05, 4.69) is 0 Å². The van der Waals surface area contributed by atoms with Crippen molar-refractivity contribution >= 4 is 11.6 Å². The number of aryl methyl sites for hydroxylation is 1. The molecule has 0 unspecified atom stereocenters. The van der Waals surface area contributed by atoms with Crippen molar-refractivity contribution in [1.82, 2.24) is 0 Å². The van der Waals surface area contributed by atoms with Gasteiger partial charge in [-0.25, -0.2) is 4.39 Å². The van der Waals surface area contributed by atoms with Gasteiger partial charge in [0.25, 0.3) is 0 Å². The summed E-state index contributed by atoms with van der Waals surface area (Å²) < 4.78 is 57.2. The highest BCUT2D eigenvalue weighted by Crippen LogP contribution is 2.36. The first-order chi connectivity index (χ1) is 9.81. The summed E-state index contributed by atoms with van der Waals surface area (Å²) in [5.74, 6) is -0.371. The van der Waals surface area contributed by atoms with E-state index < -0.39 is 17.6 Å². The van der Waals surface area contributed by atoms with Gasteiger partial charge in [-0.3, -0.25) is 0 Å². The van der Waals surface area contributed by atoms with Gasteiger partial charge in [-0.2, -0.15) is 13.2 Å². The summed E-state index contributed by atoms with van der Waals surface area (Å²) in [4.78, 5) is 0. The number of benzene rings is 2. The first-order valence-electron chi connectivity index (χ1n) is 6.01. The molecule has 0 bridgehead atoms. The van der Waals surface area contributed by atoms with Crippen LogP contribution in [0, 0.1) is 12.7 Å². The quantitative estimate of drug-likeness (QED) is 0.522. The van der Waals surface area contributed by atoms with E-state index in [4.69, 9.17) is 16.3 Å². The van der Waals surface area contributed by atoms with Crippen LogP contribution in [0.15, 0.2) is 36.4 Å². The molecule has 0 aromatic heterocycles. The molecule has 2 aromatic rings. The van der Waals surface area contributed by atoms with E-state index in [1.165, 1.54) is 30.3 Å². The number of halogens is 5. The van der Waals surface area contributed by atoms with E-state index in [0.717, 1.165) is 6.07 Å². The fourth-order valence-electron chi connectivity index (χ4n) is 1.82. The van der Waals surface area contributed by atoms with Crippen molar-refractivity contribution in [3.63, 3.8) is 0 Å². The van der Waals surface area contributed by atoms with Crippen LogP contribution in [-0.4, -0.2) is 0 Å². The monoisotopic (exact) mass is 318 g/mol. The second-order valence-electron chi connectivity index (χ2n) is 4.46. The third-order valence-electron chi connectivity index (χ3n) is 2.90. The first-order valence-corrected chi connectivity index (χ1v) is 6.55. The van der Waals surface area contributed by atoms with Crippen LogP contribution in [-0.2, 0) is 12.1 Å². The number of hydrogen-bond acceptors (Lipinski definition) is 1. The predicted molar refractivity (Wildman–Crippen MR) is 72.2 cm³/mol. The zero-order valence-electron chi connectivity index (χ0n) is 11.0. The molecule has 0 radical (unpaired) electrons. The Bertz CT molecular complexity index is 653. The van der Waals surface area contributed by atoms with Crippen LogP contribution >= 0.6 is 11.6 Å². The molecule has 0 heterocycles. The molecule has 0 saturated heterocycles. The first kappa shape index (κ1) is 15.6. The normalized spacial score (nSPS) is 11.5. The smallest absolute Gasteiger partial charge is 0.416 e. The number of hydrogen-bond donors (Lipinski definition) is 0. The maximum Gasteiger partial charge on any atom is 0.416 e. The molecule has 0 N–H and O–H groups in total. The van der Waals surface area contributed by atoms with Gasteiger partial charge in [0, 0.05) is 5.88 Å². The average Bonchev–Trinajstić information content (AvgIpc) is 2.42. The van der Waals surface area contributed by atoms with E-state index in [9.17, 15) is 17.6 Å². The molecule has 0 saturated carbocycles. The van der Waals surface area contributed by atoms with Crippen LogP contribution < -0.4 is 4.74 Å². The summed E-state index contributed by atoms with van der Waals surface area (Å²) in [5, 5.41) is 0. The maximum atomic E-state index is 13.1. The Kier molecular flexibility index (Phi) is 4.42. The molecular weight excluding hydrogens is 308 g/mol. The van der Waals surface area contributed by atoms with E-state index in [1.807, 2.05) is 0 Å². The molecule has 0 atom stereocenters. The summed E-state index contributed by atoms with van der Waals surface area (Å²) in [6.45, 7) is 1.54. The predicted octanol–water partition coefficient (Wildman–Crippen LogP) is 5.68. The summed E-state index contributed by atoms with van der Waals surface area (Å²) in [6, 6.07) is 7.51. The molecule has 0 fully saturated rings. The van der Waals surface area contributed by atoms with Crippen molar-refractivity contribution in [3.05, 3.63) is 58.9 Å². The molecular formula is C15H11ClF4O. The Morgan fingerprint density at radius 3 is 2.24 bits per heavy atom. The summed E-state index contributed by atoms with van der Waals surface area (Å²) in [6.07, 6.45) is -4.51. The zero-order valence-corrected chi connectivity index (χ0v) is 11.7. The molecule has 0 spiro atoms. The Morgan fingerprint density at radius 1 is 1.05 bits per heavy atom. The largest absolute Gasteiger partial charge is 0.457 e. The molecule has 0 aliphatic heterocycles. The van der Waals surface area contributed by atoms with Crippen LogP contribution in [0.25, 0.3) is 0 Å². The molecule has 21 heavy (non-hydrogen) atoms. The highest BCUT2D eigenvalue weighted by Gasteiger charge is 2.33. The van der Waals surface area contributed by atoms with E-state index in [-0.39, 0.29) is 22.9 Å². The Morgan fingerprint density at radius 2 is 1.67 bits per heavy atom. The lowest BCUT2D eigenvalue weighted by molar-refractivity contribution is -0.138. The van der Waals surface area contributed by atoms with Gasteiger partial charge in [0.15, 0.2) is 0 Å². The molecule has 6 heteroatoms. The van der Waals surface area contributed by atoms with Gasteiger partial charge >= 0.3 is 6.18 Å². The fraction of sp³-hybridized carbons (Fsp3) is 0.200. The SMILES string of the molecule is Cc1cc(Oc2ccc(CCl)c(C(F)(F)F)c2)ccc1F. The number of ether oxygens (including phenoxy) is 1. The Labute approximate surface area is 124 Å². The lowest BCUT2D eigenvalue weighted by atomic mass is 10.1. The van der Waals surface area contributed by atoms with Gasteiger partial charge in [-0.05, 0) is 48.4 Å². The van der Waals surface area contributed by atoms with Gasteiger partial charge < -0.3 is 4.74 Å². The van der Waals surface area contributed by atoms with Crippen molar-refractivity contribution in [3.8, 4) is 11.5 Å². The molecule has 1 nitrogen and oxygen atoms in total. The molecule has 2 aromatic carbocycles. The lowest BCUT2D eigenvalue weighted by Gasteiger charge is -2.14. The third-order valence-corrected chi connectivity index (χ3v) is 3.18. The number of rotatable bonds is 3. The molecule has 0 aliphatic carbocycles. The minimum Gasteiger partial charge on any atom is -0.457 e. The van der Waals surface area contributed by atoms with Crippen molar-refractivity contribution in [1.29, 1.82) is 0 Å². The second kappa shape index (κ2) is 5.93. The van der Waals surface area contributed by atoms with Crippen LogP contribution in [0.3, 0.4) is 0 Å². The minimum atomic E-state index is -4.51. The summed E-state index contributed by atoms with van der Waals surface area (Å²) in [5.41, 5.74) is -0.512. The maximum absolute atomic E-state index is 13.1. The average molecular weight is 319 g/mol. The van der Waals surface area contributed by atoms with Crippen molar-refractivity contribution in [2.75, 3.05) is 0 Å². The van der Waals surface area contributed by atoms with Gasteiger partial charge in [-0.15, -0.1) is 11.6 Å². The van der Waals surface area contributed by atoms with Gasteiger partial charge in [0.1, 0.15) is 17.3 Å². The van der Waals surface area contributed by atoms with Crippen molar-refractivity contribution in [2.24, 2.45) is 0 Å². The minimum absolute atomic E-state index is 0.0159. The van der Waals surface area contributed by atoms with E-state index in [0.29, 0.717) is 5.56 Å². The standard InChI is InChI=1S/C15H11ClF4O/c1-9-6-11(4-5-14(9)17)21-12-3-2-10(8-16)13(7-12)15(18,19)20/h2-7H,8H2,1H3. The van der Waals surface area contributed by atoms with Crippen LogP contribution in [0.5, 0.6) is 11.5 Å². The second-order valence-corrected chi connectivity index (χ2v) is 4.73. The van der Waals surface area contributed by atoms with Crippen LogP contribution in [0.1, 0.15) is 16.7 Å². The molecule has 0 aliphatic rings. The van der Waals surface area contributed by atoms with E-state index in [1.54, 1.807) is 6.92 Å². The Balaban J connectivity index is 2.34. The van der Waals surface area contributed by atoms with Gasteiger partial charge in [0.05, 0.1) is 5.56 Å². The zero-order chi connectivity index (χ0) is 15.6. The lowest BCUT2D eigenvalue weighted by Crippen LogP contribution is -2.08. The fourth-order valence-corrected chi connectivity index (χ4v) is 2.05. The van der Waals surface area contributed by atoms with Crippen LogP contribution in [0.4, 0.5) is 17.6 Å². The summed E-state index contributed by atoms with van der Waals surface area (Å²) in [7, 11) is 0. The molecule has 2 rings (SSSR count). The Hall–Kier alpha value is -1.75. The molecule has 112 valence electrons. The van der Waals surface area contributed by atoms with Gasteiger partial charge in [-0.1, -0.05) is 6.07 Å². The van der Waals surface area contributed by atoms with Gasteiger partial charge in [0.2, 0.25) is 0 Å².